The van der Waals surface area contributed by atoms with Crippen LogP contribution in [0.4, 0.5) is 5.69 Å². The summed E-state index contributed by atoms with van der Waals surface area (Å²) in [4.78, 5) is 26.5. The highest BCUT2D eigenvalue weighted by atomic mass is 16.5. The maximum Gasteiger partial charge on any atom is 0.275 e. The molecule has 114 valence electrons. The van der Waals surface area contributed by atoms with Crippen LogP contribution in [0.5, 0.6) is 0 Å². The molecule has 8 heteroatoms. The van der Waals surface area contributed by atoms with E-state index in [-0.39, 0.29) is 24.5 Å². The fourth-order valence-electron chi connectivity index (χ4n) is 2.44. The van der Waals surface area contributed by atoms with Gasteiger partial charge in [0.15, 0.2) is 0 Å². The maximum absolute atomic E-state index is 12.7. The highest BCUT2D eigenvalue weighted by Gasteiger charge is 2.37. The van der Waals surface area contributed by atoms with Gasteiger partial charge in [0.2, 0.25) is 5.91 Å². The van der Waals surface area contributed by atoms with Gasteiger partial charge in [-0.15, -0.1) is 0 Å². The number of aromatic nitrogens is 2. The first-order valence-corrected chi connectivity index (χ1v) is 7.04. The first kappa shape index (κ1) is 13.9. The number of anilines is 1. The van der Waals surface area contributed by atoms with Crippen LogP contribution in [0.3, 0.4) is 0 Å². The van der Waals surface area contributed by atoms with E-state index in [0.29, 0.717) is 24.5 Å². The monoisotopic (exact) mass is 293 g/mol. The summed E-state index contributed by atoms with van der Waals surface area (Å²) in [5.41, 5.74) is 6.42. The van der Waals surface area contributed by atoms with Crippen LogP contribution in [0, 0.1) is 0 Å². The van der Waals surface area contributed by atoms with Gasteiger partial charge < -0.3 is 20.7 Å². The van der Waals surface area contributed by atoms with Crippen LogP contribution in [0.15, 0.2) is 6.20 Å². The van der Waals surface area contributed by atoms with Gasteiger partial charge in [-0.1, -0.05) is 0 Å². The third kappa shape index (κ3) is 2.71. The van der Waals surface area contributed by atoms with Gasteiger partial charge in [-0.2, -0.15) is 5.10 Å². The van der Waals surface area contributed by atoms with Crippen LogP contribution in [0.2, 0.25) is 0 Å². The fourth-order valence-corrected chi connectivity index (χ4v) is 2.44. The molecule has 21 heavy (non-hydrogen) atoms. The molecule has 3 rings (SSSR count). The number of carbonyl (C=O) groups excluding carboxylic acids is 2. The molecule has 1 atom stereocenters. The number of ether oxygens (including phenoxy) is 1. The predicted octanol–water partition coefficient (Wildman–Crippen LogP) is -0.878. The standard InChI is InChI=1S/C13H19N5O3/c1-17-11(9(14)6-15-17)13(20)18-4-5-21-7-10(18)12(19)16-8-2-3-8/h6,8,10H,2-5,7,14H2,1H3,(H,16,19). The average Bonchev–Trinajstić information content (AvgIpc) is 3.23. The zero-order valence-electron chi connectivity index (χ0n) is 11.9. The topological polar surface area (TPSA) is 102 Å². The van der Waals surface area contributed by atoms with E-state index in [2.05, 4.69) is 10.4 Å². The molecule has 2 amide bonds. The predicted molar refractivity (Wildman–Crippen MR) is 74.4 cm³/mol. The smallest absolute Gasteiger partial charge is 0.275 e. The lowest BCUT2D eigenvalue weighted by molar-refractivity contribution is -0.130. The van der Waals surface area contributed by atoms with E-state index in [1.807, 2.05) is 0 Å². The molecule has 1 aromatic heterocycles. The largest absolute Gasteiger partial charge is 0.396 e. The number of hydrogen-bond acceptors (Lipinski definition) is 5. The van der Waals surface area contributed by atoms with Crippen LogP contribution in [0.1, 0.15) is 23.3 Å². The molecule has 0 bridgehead atoms. The van der Waals surface area contributed by atoms with Gasteiger partial charge in [-0.05, 0) is 12.8 Å². The van der Waals surface area contributed by atoms with E-state index >= 15 is 0 Å². The Labute approximate surface area is 122 Å². The molecule has 1 unspecified atom stereocenters. The van der Waals surface area contributed by atoms with Crippen molar-refractivity contribution in [2.45, 2.75) is 24.9 Å². The van der Waals surface area contributed by atoms with E-state index in [4.69, 9.17) is 10.5 Å². The molecule has 2 fully saturated rings. The van der Waals surface area contributed by atoms with Gasteiger partial charge in [0.1, 0.15) is 11.7 Å². The van der Waals surface area contributed by atoms with Crippen molar-refractivity contribution >= 4 is 17.5 Å². The fraction of sp³-hybridized carbons (Fsp3) is 0.615. The van der Waals surface area contributed by atoms with Gasteiger partial charge in [-0.3, -0.25) is 14.3 Å². The minimum atomic E-state index is -0.610. The Morgan fingerprint density at radius 1 is 1.48 bits per heavy atom. The molecular weight excluding hydrogens is 274 g/mol. The number of nitrogens with zero attached hydrogens (tertiary/aromatic N) is 3. The van der Waals surface area contributed by atoms with E-state index < -0.39 is 6.04 Å². The van der Waals surface area contributed by atoms with Crippen molar-refractivity contribution in [3.8, 4) is 0 Å². The number of nitrogen functional groups attached to an aromatic ring is 1. The number of rotatable bonds is 3. The minimum Gasteiger partial charge on any atom is -0.396 e. The van der Waals surface area contributed by atoms with Crippen LogP contribution in [-0.2, 0) is 16.6 Å². The summed E-state index contributed by atoms with van der Waals surface area (Å²) in [6.07, 6.45) is 3.44. The van der Waals surface area contributed by atoms with Crippen LogP contribution >= 0.6 is 0 Å². The lowest BCUT2D eigenvalue weighted by Gasteiger charge is -2.34. The lowest BCUT2D eigenvalue weighted by Crippen LogP contribution is -2.56. The van der Waals surface area contributed by atoms with Crippen molar-refractivity contribution < 1.29 is 14.3 Å². The molecule has 1 aliphatic carbocycles. The molecule has 1 aromatic rings. The molecule has 1 saturated heterocycles. The number of nitrogens with two attached hydrogens (primary N) is 1. The van der Waals surface area contributed by atoms with E-state index in [0.717, 1.165) is 12.8 Å². The van der Waals surface area contributed by atoms with Gasteiger partial charge in [0.25, 0.3) is 5.91 Å². The van der Waals surface area contributed by atoms with Crippen molar-refractivity contribution in [2.75, 3.05) is 25.5 Å². The third-order valence-electron chi connectivity index (χ3n) is 3.79. The van der Waals surface area contributed by atoms with Gasteiger partial charge in [0.05, 0.1) is 25.1 Å². The summed E-state index contributed by atoms with van der Waals surface area (Å²) in [6, 6.07) is -0.362. The number of amides is 2. The van der Waals surface area contributed by atoms with Gasteiger partial charge in [-0.25, -0.2) is 0 Å². The summed E-state index contributed by atoms with van der Waals surface area (Å²) in [6.45, 7) is 0.991. The molecular formula is C13H19N5O3. The highest BCUT2D eigenvalue weighted by Crippen LogP contribution is 2.21. The number of hydrogen-bond donors (Lipinski definition) is 2. The van der Waals surface area contributed by atoms with Crippen LogP contribution in [0.25, 0.3) is 0 Å². The lowest BCUT2D eigenvalue weighted by atomic mass is 10.2. The second-order valence-corrected chi connectivity index (χ2v) is 5.44. The molecule has 1 saturated carbocycles. The van der Waals surface area contributed by atoms with Crippen molar-refractivity contribution in [3.05, 3.63) is 11.9 Å². The first-order valence-electron chi connectivity index (χ1n) is 7.04. The first-order chi connectivity index (χ1) is 10.1. The summed E-state index contributed by atoms with van der Waals surface area (Å²) < 4.78 is 6.79. The number of morpholine rings is 1. The van der Waals surface area contributed by atoms with Crippen molar-refractivity contribution in [1.29, 1.82) is 0 Å². The van der Waals surface area contributed by atoms with Gasteiger partial charge in [0, 0.05) is 19.6 Å². The zero-order valence-corrected chi connectivity index (χ0v) is 11.9. The Balaban J connectivity index is 1.80. The van der Waals surface area contributed by atoms with Crippen LogP contribution < -0.4 is 11.1 Å². The SMILES string of the molecule is Cn1ncc(N)c1C(=O)N1CCOCC1C(=O)NC1CC1. The molecule has 0 aromatic carbocycles. The van der Waals surface area contributed by atoms with Crippen molar-refractivity contribution in [2.24, 2.45) is 7.05 Å². The summed E-state index contributed by atoms with van der Waals surface area (Å²) >= 11 is 0. The molecule has 2 aliphatic rings. The molecule has 0 radical (unpaired) electrons. The Morgan fingerprint density at radius 2 is 2.24 bits per heavy atom. The Morgan fingerprint density at radius 3 is 2.86 bits per heavy atom. The van der Waals surface area contributed by atoms with Crippen molar-refractivity contribution in [3.63, 3.8) is 0 Å². The number of carbonyl (C=O) groups is 2. The van der Waals surface area contributed by atoms with E-state index in [1.165, 1.54) is 15.8 Å². The Bertz CT molecular complexity index is 547. The normalized spacial score (nSPS) is 22.1. The molecule has 0 spiro atoms. The Hall–Kier alpha value is -2.09. The summed E-state index contributed by atoms with van der Waals surface area (Å²) in [7, 11) is 1.66. The van der Waals surface area contributed by atoms with Crippen molar-refractivity contribution in [1.82, 2.24) is 20.0 Å². The molecule has 8 nitrogen and oxygen atoms in total. The Kier molecular flexibility index (Phi) is 3.54. The second kappa shape index (κ2) is 5.36. The van der Waals surface area contributed by atoms with Gasteiger partial charge >= 0.3 is 0 Å². The summed E-state index contributed by atoms with van der Waals surface area (Å²) in [5.74, 6) is -0.446. The molecule has 1 aliphatic heterocycles. The maximum atomic E-state index is 12.7. The number of nitrogens with one attached hydrogen (secondary N) is 1. The average molecular weight is 293 g/mol. The molecule has 3 N–H and O–H groups in total. The molecule has 2 heterocycles. The minimum absolute atomic E-state index is 0.161. The third-order valence-corrected chi connectivity index (χ3v) is 3.79. The van der Waals surface area contributed by atoms with Crippen LogP contribution in [-0.4, -0.2) is 58.3 Å². The highest BCUT2D eigenvalue weighted by molar-refractivity contribution is 6.00. The summed E-state index contributed by atoms with van der Waals surface area (Å²) in [5, 5.41) is 6.89. The zero-order chi connectivity index (χ0) is 15.0. The van der Waals surface area contributed by atoms with E-state index in [1.54, 1.807) is 7.05 Å². The quantitative estimate of drug-likeness (QED) is 0.753. The second-order valence-electron chi connectivity index (χ2n) is 5.44. The van der Waals surface area contributed by atoms with E-state index in [9.17, 15) is 9.59 Å². The number of aryl methyl sites for hydroxylation is 1.